The zero-order chi connectivity index (χ0) is 18.8. The number of aromatic nitrogens is 2. The van der Waals surface area contributed by atoms with Gasteiger partial charge >= 0.3 is 0 Å². The molecule has 6 nitrogen and oxygen atoms in total. The number of nitrogens with zero attached hydrogens (tertiary/aromatic N) is 4. The van der Waals surface area contributed by atoms with Crippen LogP contribution in [0.25, 0.3) is 10.2 Å². The summed E-state index contributed by atoms with van der Waals surface area (Å²) in [6.07, 6.45) is 1.61. The molecule has 1 aliphatic rings. The van der Waals surface area contributed by atoms with Crippen molar-refractivity contribution in [3.05, 3.63) is 53.7 Å². The number of rotatable bonds is 4. The lowest BCUT2D eigenvalue weighted by atomic mass is 9.94. The van der Waals surface area contributed by atoms with Gasteiger partial charge in [0.25, 0.3) is 0 Å². The Bertz CT molecular complexity index is 920. The molecule has 0 spiro atoms. The summed E-state index contributed by atoms with van der Waals surface area (Å²) in [6.45, 7) is 4.82. The van der Waals surface area contributed by atoms with Gasteiger partial charge in [-0.05, 0) is 17.0 Å². The second-order valence-corrected chi connectivity index (χ2v) is 7.79. The van der Waals surface area contributed by atoms with Crippen LogP contribution in [0.4, 0.5) is 5.82 Å². The number of piperazine rings is 1. The standard InChI is InChI=1S/C20H23N5OS/c1-14(17(21)15-5-3-2-4-6-15)20(26)25-10-8-24(9-11-25)19-18-16(7-12-27-18)22-13-23-19/h2-7,12-14,17H,8-11,21H2,1H3. The van der Waals surface area contributed by atoms with Crippen LogP contribution >= 0.6 is 11.3 Å². The third-order valence-electron chi connectivity index (χ3n) is 5.23. The minimum absolute atomic E-state index is 0.120. The first kappa shape index (κ1) is 17.9. The predicted molar refractivity (Wildman–Crippen MR) is 109 cm³/mol. The molecule has 2 N–H and O–H groups in total. The predicted octanol–water partition coefficient (Wildman–Crippen LogP) is 2.68. The van der Waals surface area contributed by atoms with Crippen LogP contribution in [0.2, 0.25) is 0 Å². The molecule has 0 bridgehead atoms. The van der Waals surface area contributed by atoms with Crippen LogP contribution in [0.1, 0.15) is 18.5 Å². The molecular formula is C20H23N5OS. The number of carbonyl (C=O) groups is 1. The molecule has 7 heteroatoms. The minimum Gasteiger partial charge on any atom is -0.352 e. The average molecular weight is 382 g/mol. The molecule has 0 aliphatic carbocycles. The van der Waals surface area contributed by atoms with Gasteiger partial charge in [0.15, 0.2) is 0 Å². The van der Waals surface area contributed by atoms with E-state index in [0.717, 1.165) is 34.7 Å². The Morgan fingerprint density at radius 2 is 1.85 bits per heavy atom. The topological polar surface area (TPSA) is 75.4 Å². The summed E-state index contributed by atoms with van der Waals surface area (Å²) in [5.41, 5.74) is 8.32. The van der Waals surface area contributed by atoms with Gasteiger partial charge in [0.2, 0.25) is 5.91 Å². The van der Waals surface area contributed by atoms with E-state index in [9.17, 15) is 4.79 Å². The molecule has 4 rings (SSSR count). The number of benzene rings is 1. The molecule has 1 aliphatic heterocycles. The van der Waals surface area contributed by atoms with Crippen molar-refractivity contribution < 1.29 is 4.79 Å². The summed E-state index contributed by atoms with van der Waals surface area (Å²) < 4.78 is 1.11. The van der Waals surface area contributed by atoms with E-state index in [1.807, 2.05) is 53.6 Å². The smallest absolute Gasteiger partial charge is 0.227 e. The van der Waals surface area contributed by atoms with Crippen molar-refractivity contribution in [2.75, 3.05) is 31.1 Å². The summed E-state index contributed by atoms with van der Waals surface area (Å²) in [5, 5.41) is 2.04. The Hall–Kier alpha value is -2.51. The molecule has 2 aromatic heterocycles. The molecule has 3 heterocycles. The molecule has 140 valence electrons. The fourth-order valence-corrected chi connectivity index (χ4v) is 4.41. The highest BCUT2D eigenvalue weighted by Gasteiger charge is 2.29. The Kier molecular flexibility index (Phi) is 5.05. The van der Waals surface area contributed by atoms with Crippen molar-refractivity contribution in [1.29, 1.82) is 0 Å². The Balaban J connectivity index is 1.41. The van der Waals surface area contributed by atoms with Gasteiger partial charge in [0, 0.05) is 32.2 Å². The van der Waals surface area contributed by atoms with Gasteiger partial charge in [-0.2, -0.15) is 0 Å². The molecule has 0 radical (unpaired) electrons. The van der Waals surface area contributed by atoms with Gasteiger partial charge in [-0.25, -0.2) is 9.97 Å². The Morgan fingerprint density at radius 1 is 1.11 bits per heavy atom. The van der Waals surface area contributed by atoms with Crippen molar-refractivity contribution >= 4 is 33.3 Å². The lowest BCUT2D eigenvalue weighted by Crippen LogP contribution is -2.51. The summed E-state index contributed by atoms with van der Waals surface area (Å²) in [7, 11) is 0. The highest BCUT2D eigenvalue weighted by atomic mass is 32.1. The first-order valence-electron chi connectivity index (χ1n) is 9.17. The zero-order valence-electron chi connectivity index (χ0n) is 15.3. The van der Waals surface area contributed by atoms with Crippen LogP contribution in [0.3, 0.4) is 0 Å². The first-order chi connectivity index (χ1) is 13.1. The summed E-state index contributed by atoms with van der Waals surface area (Å²) >= 11 is 1.66. The first-order valence-corrected chi connectivity index (χ1v) is 10.1. The van der Waals surface area contributed by atoms with E-state index in [-0.39, 0.29) is 17.9 Å². The maximum Gasteiger partial charge on any atom is 0.227 e. The second-order valence-electron chi connectivity index (χ2n) is 6.87. The minimum atomic E-state index is -0.288. The number of thiophene rings is 1. The van der Waals surface area contributed by atoms with E-state index in [1.54, 1.807) is 17.7 Å². The van der Waals surface area contributed by atoms with Crippen molar-refractivity contribution in [2.24, 2.45) is 11.7 Å². The van der Waals surface area contributed by atoms with E-state index in [4.69, 9.17) is 5.73 Å². The largest absolute Gasteiger partial charge is 0.352 e. The van der Waals surface area contributed by atoms with Crippen LogP contribution in [-0.4, -0.2) is 47.0 Å². The Labute approximate surface area is 162 Å². The lowest BCUT2D eigenvalue weighted by Gasteiger charge is -2.37. The van der Waals surface area contributed by atoms with E-state index >= 15 is 0 Å². The molecule has 27 heavy (non-hydrogen) atoms. The normalized spacial score (nSPS) is 17.1. The average Bonchev–Trinajstić information content (AvgIpc) is 3.22. The van der Waals surface area contributed by atoms with Crippen molar-refractivity contribution in [1.82, 2.24) is 14.9 Å². The summed E-state index contributed by atoms with van der Waals surface area (Å²) in [6, 6.07) is 11.6. The number of amides is 1. The zero-order valence-corrected chi connectivity index (χ0v) is 16.1. The SMILES string of the molecule is CC(C(=O)N1CCN(c2ncnc3ccsc23)CC1)C(N)c1ccccc1. The van der Waals surface area contributed by atoms with Gasteiger partial charge in [0.1, 0.15) is 12.1 Å². The Morgan fingerprint density at radius 3 is 2.59 bits per heavy atom. The fraction of sp³-hybridized carbons (Fsp3) is 0.350. The number of carbonyl (C=O) groups excluding carboxylic acids is 1. The van der Waals surface area contributed by atoms with Crippen LogP contribution in [0.15, 0.2) is 48.1 Å². The van der Waals surface area contributed by atoms with Crippen molar-refractivity contribution in [2.45, 2.75) is 13.0 Å². The number of anilines is 1. The molecule has 2 atom stereocenters. The third-order valence-corrected chi connectivity index (χ3v) is 6.13. The quantitative estimate of drug-likeness (QED) is 0.752. The third kappa shape index (κ3) is 3.52. The molecule has 1 aromatic carbocycles. The number of hydrogen-bond donors (Lipinski definition) is 1. The van der Waals surface area contributed by atoms with Crippen LogP contribution in [0, 0.1) is 5.92 Å². The van der Waals surface area contributed by atoms with Gasteiger partial charge in [0.05, 0.1) is 16.1 Å². The van der Waals surface area contributed by atoms with E-state index < -0.39 is 0 Å². The van der Waals surface area contributed by atoms with E-state index in [2.05, 4.69) is 14.9 Å². The molecule has 3 aromatic rings. The van der Waals surface area contributed by atoms with E-state index in [1.165, 1.54) is 0 Å². The second kappa shape index (κ2) is 7.62. The summed E-state index contributed by atoms with van der Waals surface area (Å²) in [5.74, 6) is 0.841. The molecule has 2 unspecified atom stereocenters. The van der Waals surface area contributed by atoms with Gasteiger partial charge in [-0.1, -0.05) is 37.3 Å². The number of nitrogens with two attached hydrogens (primary N) is 1. The highest BCUT2D eigenvalue weighted by Crippen LogP contribution is 2.29. The molecule has 1 saturated heterocycles. The molecular weight excluding hydrogens is 358 g/mol. The van der Waals surface area contributed by atoms with Gasteiger partial charge in [-0.15, -0.1) is 11.3 Å². The molecule has 1 fully saturated rings. The molecule has 0 saturated carbocycles. The number of fused-ring (bicyclic) bond motifs is 1. The van der Waals surface area contributed by atoms with Gasteiger partial charge in [-0.3, -0.25) is 4.79 Å². The van der Waals surface area contributed by atoms with E-state index in [0.29, 0.717) is 13.1 Å². The lowest BCUT2D eigenvalue weighted by molar-refractivity contribution is -0.136. The van der Waals surface area contributed by atoms with Crippen LogP contribution in [0.5, 0.6) is 0 Å². The molecule has 1 amide bonds. The fourth-order valence-electron chi connectivity index (χ4n) is 3.55. The monoisotopic (exact) mass is 381 g/mol. The van der Waals surface area contributed by atoms with Crippen LogP contribution in [-0.2, 0) is 4.79 Å². The van der Waals surface area contributed by atoms with Gasteiger partial charge < -0.3 is 15.5 Å². The van der Waals surface area contributed by atoms with Crippen LogP contribution < -0.4 is 10.6 Å². The maximum atomic E-state index is 12.9. The number of hydrogen-bond acceptors (Lipinski definition) is 6. The van der Waals surface area contributed by atoms with Crippen molar-refractivity contribution in [3.8, 4) is 0 Å². The van der Waals surface area contributed by atoms with Crippen molar-refractivity contribution in [3.63, 3.8) is 0 Å². The summed E-state index contributed by atoms with van der Waals surface area (Å²) in [4.78, 5) is 25.9. The highest BCUT2D eigenvalue weighted by molar-refractivity contribution is 7.17. The maximum absolute atomic E-state index is 12.9.